The van der Waals surface area contributed by atoms with Gasteiger partial charge in [0, 0.05) is 38.7 Å². The highest BCUT2D eigenvalue weighted by Gasteiger charge is 2.02. The molecule has 0 radical (unpaired) electrons. The predicted octanol–water partition coefficient (Wildman–Crippen LogP) is 2.19. The maximum Gasteiger partial charge on any atom is 0.131 e. The molecule has 6 heteroatoms. The summed E-state index contributed by atoms with van der Waals surface area (Å²) in [4.78, 5) is 8.68. The highest BCUT2D eigenvalue weighted by atomic mass is 79.9. The van der Waals surface area contributed by atoms with E-state index in [0.717, 1.165) is 41.3 Å². The van der Waals surface area contributed by atoms with Gasteiger partial charge in [0.1, 0.15) is 16.2 Å². The molecule has 0 aliphatic carbocycles. The Labute approximate surface area is 115 Å². The van der Waals surface area contributed by atoms with Crippen LogP contribution in [0.1, 0.15) is 18.4 Å². The lowest BCUT2D eigenvalue weighted by Crippen LogP contribution is -2.08. The fraction of sp³-hybridized carbons (Fsp3) is 0.417. The first-order valence-corrected chi connectivity index (χ1v) is 6.72. The van der Waals surface area contributed by atoms with Gasteiger partial charge in [-0.2, -0.15) is 5.10 Å². The average molecular weight is 310 g/mol. The number of nitrogens with one attached hydrogen (secondary N) is 1. The van der Waals surface area contributed by atoms with Crippen molar-refractivity contribution in [3.05, 3.63) is 34.5 Å². The molecule has 18 heavy (non-hydrogen) atoms. The molecule has 0 saturated carbocycles. The Bertz CT molecular complexity index is 523. The Hall–Kier alpha value is -1.43. The van der Waals surface area contributed by atoms with Crippen molar-refractivity contribution in [1.82, 2.24) is 19.7 Å². The normalized spacial score (nSPS) is 10.6. The Morgan fingerprint density at radius 1 is 1.39 bits per heavy atom. The molecule has 0 aliphatic rings. The van der Waals surface area contributed by atoms with Crippen LogP contribution >= 0.6 is 15.9 Å². The van der Waals surface area contributed by atoms with Crippen LogP contribution in [0.5, 0.6) is 0 Å². The van der Waals surface area contributed by atoms with Gasteiger partial charge in [-0.1, -0.05) is 6.92 Å². The fourth-order valence-corrected chi connectivity index (χ4v) is 2.05. The summed E-state index contributed by atoms with van der Waals surface area (Å²) in [6.45, 7) is 2.85. The third-order valence-corrected chi connectivity index (χ3v) is 2.92. The molecule has 0 amide bonds. The van der Waals surface area contributed by atoms with E-state index in [-0.39, 0.29) is 0 Å². The maximum absolute atomic E-state index is 4.41. The molecule has 0 unspecified atom stereocenters. The van der Waals surface area contributed by atoms with Gasteiger partial charge in [-0.25, -0.2) is 9.97 Å². The highest BCUT2D eigenvalue weighted by molar-refractivity contribution is 9.10. The van der Waals surface area contributed by atoms with Crippen molar-refractivity contribution in [2.45, 2.75) is 19.8 Å². The van der Waals surface area contributed by atoms with E-state index in [2.05, 4.69) is 36.3 Å². The van der Waals surface area contributed by atoms with E-state index in [1.54, 1.807) is 0 Å². The standard InChI is InChI=1S/C12H16BrN5/c1-3-11-15-10(13)8-12(16-11)14-6-4-9-5-7-18(2)17-9/h5,7-8H,3-4,6H2,1-2H3,(H,14,15,16). The van der Waals surface area contributed by atoms with Gasteiger partial charge in [0.05, 0.1) is 5.69 Å². The van der Waals surface area contributed by atoms with E-state index in [9.17, 15) is 0 Å². The van der Waals surface area contributed by atoms with E-state index in [1.807, 2.05) is 37.0 Å². The lowest BCUT2D eigenvalue weighted by atomic mass is 10.3. The number of rotatable bonds is 5. The maximum atomic E-state index is 4.41. The third kappa shape index (κ3) is 3.53. The molecule has 1 N–H and O–H groups in total. The minimum atomic E-state index is 0.809. The van der Waals surface area contributed by atoms with Gasteiger partial charge < -0.3 is 5.32 Å². The minimum Gasteiger partial charge on any atom is -0.370 e. The second-order valence-corrected chi connectivity index (χ2v) is 4.82. The zero-order valence-corrected chi connectivity index (χ0v) is 12.1. The summed E-state index contributed by atoms with van der Waals surface area (Å²) in [6.07, 6.45) is 3.66. The van der Waals surface area contributed by atoms with Crippen LogP contribution in [0.15, 0.2) is 22.9 Å². The molecule has 0 fully saturated rings. The summed E-state index contributed by atoms with van der Waals surface area (Å²) in [5.74, 6) is 1.69. The second kappa shape index (κ2) is 5.95. The fourth-order valence-electron chi connectivity index (χ4n) is 1.63. The van der Waals surface area contributed by atoms with Crippen LogP contribution < -0.4 is 5.32 Å². The molecule has 0 atom stereocenters. The summed E-state index contributed by atoms with van der Waals surface area (Å²) in [7, 11) is 1.92. The molecule has 2 rings (SSSR count). The molecule has 0 spiro atoms. The minimum absolute atomic E-state index is 0.809. The van der Waals surface area contributed by atoms with E-state index >= 15 is 0 Å². The van der Waals surface area contributed by atoms with Crippen molar-refractivity contribution in [2.75, 3.05) is 11.9 Å². The number of hydrogen-bond donors (Lipinski definition) is 1. The molecule has 2 aromatic heterocycles. The van der Waals surface area contributed by atoms with E-state index < -0.39 is 0 Å². The van der Waals surface area contributed by atoms with Gasteiger partial charge in [0.15, 0.2) is 0 Å². The van der Waals surface area contributed by atoms with Crippen molar-refractivity contribution in [2.24, 2.45) is 7.05 Å². The van der Waals surface area contributed by atoms with Gasteiger partial charge in [0.2, 0.25) is 0 Å². The Morgan fingerprint density at radius 3 is 2.89 bits per heavy atom. The molecule has 96 valence electrons. The molecule has 0 saturated heterocycles. The van der Waals surface area contributed by atoms with Crippen LogP contribution in [-0.4, -0.2) is 26.3 Å². The van der Waals surface area contributed by atoms with Crippen LogP contribution in [-0.2, 0) is 19.9 Å². The molecule has 0 aromatic carbocycles. The zero-order valence-electron chi connectivity index (χ0n) is 10.5. The Balaban J connectivity index is 1.91. The van der Waals surface area contributed by atoms with Crippen molar-refractivity contribution in [3.8, 4) is 0 Å². The zero-order chi connectivity index (χ0) is 13.0. The van der Waals surface area contributed by atoms with Crippen LogP contribution in [0.3, 0.4) is 0 Å². The molecule has 2 heterocycles. The van der Waals surface area contributed by atoms with Crippen LogP contribution in [0, 0.1) is 0 Å². The Kier molecular flexibility index (Phi) is 4.30. The number of halogens is 1. The number of anilines is 1. The van der Waals surface area contributed by atoms with Crippen molar-refractivity contribution < 1.29 is 0 Å². The lowest BCUT2D eigenvalue weighted by Gasteiger charge is -2.06. The largest absolute Gasteiger partial charge is 0.370 e. The number of aromatic nitrogens is 4. The van der Waals surface area contributed by atoms with Gasteiger partial charge in [0.25, 0.3) is 0 Å². The summed E-state index contributed by atoms with van der Waals surface area (Å²) in [5.41, 5.74) is 1.08. The third-order valence-electron chi connectivity index (χ3n) is 2.51. The van der Waals surface area contributed by atoms with Crippen LogP contribution in [0.4, 0.5) is 5.82 Å². The first-order valence-electron chi connectivity index (χ1n) is 5.93. The second-order valence-electron chi connectivity index (χ2n) is 4.00. The molecule has 0 aliphatic heterocycles. The van der Waals surface area contributed by atoms with E-state index in [1.165, 1.54) is 0 Å². The summed E-state index contributed by atoms with van der Waals surface area (Å²) >= 11 is 3.39. The SMILES string of the molecule is CCc1nc(Br)cc(NCCc2ccn(C)n2)n1. The molecular formula is C12H16BrN5. The van der Waals surface area contributed by atoms with E-state index in [0.29, 0.717) is 0 Å². The topological polar surface area (TPSA) is 55.6 Å². The van der Waals surface area contributed by atoms with Gasteiger partial charge in [-0.3, -0.25) is 4.68 Å². The smallest absolute Gasteiger partial charge is 0.131 e. The van der Waals surface area contributed by atoms with Gasteiger partial charge >= 0.3 is 0 Å². The highest BCUT2D eigenvalue weighted by Crippen LogP contribution is 2.12. The molecule has 0 bridgehead atoms. The van der Waals surface area contributed by atoms with Gasteiger partial charge in [-0.05, 0) is 22.0 Å². The van der Waals surface area contributed by atoms with Crippen molar-refractivity contribution in [3.63, 3.8) is 0 Å². The monoisotopic (exact) mass is 309 g/mol. The number of aryl methyl sites for hydroxylation is 2. The molecule has 2 aromatic rings. The lowest BCUT2D eigenvalue weighted by molar-refractivity contribution is 0.741. The predicted molar refractivity (Wildman–Crippen MR) is 74.5 cm³/mol. The summed E-state index contributed by atoms with van der Waals surface area (Å²) in [5, 5.41) is 7.62. The van der Waals surface area contributed by atoms with Crippen LogP contribution in [0.25, 0.3) is 0 Å². The average Bonchev–Trinajstić information content (AvgIpc) is 2.74. The quantitative estimate of drug-likeness (QED) is 0.860. The summed E-state index contributed by atoms with van der Waals surface area (Å²) in [6, 6.07) is 3.91. The summed E-state index contributed by atoms with van der Waals surface area (Å²) < 4.78 is 2.63. The van der Waals surface area contributed by atoms with Crippen LogP contribution in [0.2, 0.25) is 0 Å². The molecule has 5 nitrogen and oxygen atoms in total. The Morgan fingerprint density at radius 2 is 2.22 bits per heavy atom. The first kappa shape index (κ1) is 13.0. The molecular weight excluding hydrogens is 294 g/mol. The first-order chi connectivity index (χ1) is 8.67. The van der Waals surface area contributed by atoms with Crippen molar-refractivity contribution >= 4 is 21.7 Å². The van der Waals surface area contributed by atoms with Gasteiger partial charge in [-0.15, -0.1) is 0 Å². The number of nitrogens with zero attached hydrogens (tertiary/aromatic N) is 4. The van der Waals surface area contributed by atoms with Crippen molar-refractivity contribution in [1.29, 1.82) is 0 Å². The number of hydrogen-bond acceptors (Lipinski definition) is 4. The van der Waals surface area contributed by atoms with E-state index in [4.69, 9.17) is 0 Å².